The summed E-state index contributed by atoms with van der Waals surface area (Å²) in [6, 6.07) is 35.9. The van der Waals surface area contributed by atoms with E-state index in [1.807, 2.05) is 66.7 Å². The second kappa shape index (κ2) is 13.0. The van der Waals surface area contributed by atoms with E-state index in [4.69, 9.17) is 18.6 Å². The smallest absolute Gasteiger partial charge is 0.419 e. The Labute approximate surface area is 257 Å². The lowest BCUT2D eigenvalue weighted by Crippen LogP contribution is -2.12. The van der Waals surface area contributed by atoms with Crippen LogP contribution in [0.2, 0.25) is 0 Å². The molecule has 0 aliphatic rings. The zero-order valence-corrected chi connectivity index (χ0v) is 23.9. The first-order valence-electron chi connectivity index (χ1n) is 14.2. The summed E-state index contributed by atoms with van der Waals surface area (Å²) < 4.78 is 66.6. The molecule has 6 rings (SSSR count). The van der Waals surface area contributed by atoms with Crippen LogP contribution in [0.1, 0.15) is 22.3 Å². The topological polar surface area (TPSA) is 57.9 Å². The standard InChI is InChI=1S/C37H27F3O5/c38-37(39,40)31-20-28(16-19-32(31)43-23-26-12-6-2-7-13-26)35-36(44-24-27-14-8-3-9-15-27)34(41)30-18-17-29(21-33(30)45-35)42-22-25-10-4-1-5-11-25/h1-21H,22-24H2. The molecule has 5 aromatic carbocycles. The van der Waals surface area contributed by atoms with E-state index in [0.717, 1.165) is 22.8 Å². The Balaban J connectivity index is 1.41. The average Bonchev–Trinajstić information content (AvgIpc) is 3.07. The zero-order valence-electron chi connectivity index (χ0n) is 23.9. The molecule has 0 atom stereocenters. The summed E-state index contributed by atoms with van der Waals surface area (Å²) in [4.78, 5) is 13.8. The molecule has 5 nitrogen and oxygen atoms in total. The van der Waals surface area contributed by atoms with E-state index in [-0.39, 0.29) is 53.6 Å². The minimum Gasteiger partial charge on any atom is -0.489 e. The molecule has 0 saturated carbocycles. The fraction of sp³-hybridized carbons (Fsp3) is 0.108. The van der Waals surface area contributed by atoms with Gasteiger partial charge in [0.25, 0.3) is 0 Å². The van der Waals surface area contributed by atoms with Gasteiger partial charge in [0.15, 0.2) is 5.76 Å². The van der Waals surface area contributed by atoms with E-state index in [1.54, 1.807) is 42.5 Å². The minimum absolute atomic E-state index is 0.00653. The molecule has 0 bridgehead atoms. The fourth-order valence-corrected chi connectivity index (χ4v) is 4.79. The van der Waals surface area contributed by atoms with E-state index in [9.17, 15) is 18.0 Å². The zero-order chi connectivity index (χ0) is 31.2. The Morgan fingerprint density at radius 2 is 1.16 bits per heavy atom. The maximum absolute atomic E-state index is 14.3. The summed E-state index contributed by atoms with van der Waals surface area (Å²) in [7, 11) is 0. The predicted molar refractivity (Wildman–Crippen MR) is 165 cm³/mol. The maximum atomic E-state index is 14.3. The van der Waals surface area contributed by atoms with Gasteiger partial charge in [0.2, 0.25) is 11.2 Å². The molecule has 45 heavy (non-hydrogen) atoms. The highest BCUT2D eigenvalue weighted by atomic mass is 19.4. The summed E-state index contributed by atoms with van der Waals surface area (Å²) >= 11 is 0. The Bertz CT molecular complexity index is 1950. The van der Waals surface area contributed by atoms with Crippen LogP contribution in [0.3, 0.4) is 0 Å². The van der Waals surface area contributed by atoms with Gasteiger partial charge in [-0.3, -0.25) is 4.79 Å². The second-order valence-corrected chi connectivity index (χ2v) is 10.3. The van der Waals surface area contributed by atoms with Gasteiger partial charge in [-0.2, -0.15) is 13.2 Å². The molecule has 0 aliphatic carbocycles. The van der Waals surface area contributed by atoms with E-state index >= 15 is 0 Å². The SMILES string of the molecule is O=c1c(OCc2ccccc2)c(-c2ccc(OCc3ccccc3)c(C(F)(F)F)c2)oc2cc(OCc3ccccc3)ccc12. The maximum Gasteiger partial charge on any atom is 0.419 e. The quantitative estimate of drug-likeness (QED) is 0.155. The van der Waals surface area contributed by atoms with E-state index < -0.39 is 17.2 Å². The van der Waals surface area contributed by atoms with Crippen LogP contribution in [-0.4, -0.2) is 0 Å². The molecule has 0 radical (unpaired) electrons. The first-order valence-corrected chi connectivity index (χ1v) is 14.2. The van der Waals surface area contributed by atoms with Crippen LogP contribution in [0.15, 0.2) is 137 Å². The normalized spacial score (nSPS) is 11.4. The Morgan fingerprint density at radius 1 is 0.600 bits per heavy atom. The molecule has 0 N–H and O–H groups in total. The third-order valence-corrected chi connectivity index (χ3v) is 7.08. The van der Waals surface area contributed by atoms with Crippen molar-refractivity contribution in [3.8, 4) is 28.6 Å². The Morgan fingerprint density at radius 3 is 1.73 bits per heavy atom. The van der Waals surface area contributed by atoms with Crippen molar-refractivity contribution in [2.45, 2.75) is 26.0 Å². The summed E-state index contributed by atoms with van der Waals surface area (Å²) in [5.41, 5.74) is 1.06. The highest BCUT2D eigenvalue weighted by Gasteiger charge is 2.35. The second-order valence-electron chi connectivity index (χ2n) is 10.3. The lowest BCUT2D eigenvalue weighted by atomic mass is 10.0. The van der Waals surface area contributed by atoms with Crippen molar-refractivity contribution in [3.63, 3.8) is 0 Å². The molecule has 0 fully saturated rings. The lowest BCUT2D eigenvalue weighted by molar-refractivity contribution is -0.139. The van der Waals surface area contributed by atoms with Gasteiger partial charge < -0.3 is 18.6 Å². The van der Waals surface area contributed by atoms with Crippen LogP contribution in [0.25, 0.3) is 22.3 Å². The average molecular weight is 609 g/mol. The first kappa shape index (κ1) is 29.6. The Hall–Kier alpha value is -5.50. The number of ether oxygens (including phenoxy) is 3. The van der Waals surface area contributed by atoms with Crippen LogP contribution >= 0.6 is 0 Å². The van der Waals surface area contributed by atoms with Gasteiger partial charge in [0.1, 0.15) is 36.9 Å². The van der Waals surface area contributed by atoms with Gasteiger partial charge in [-0.1, -0.05) is 91.0 Å². The molecule has 0 unspecified atom stereocenters. The van der Waals surface area contributed by atoms with Gasteiger partial charge >= 0.3 is 6.18 Å². The Kier molecular flexibility index (Phi) is 8.55. The van der Waals surface area contributed by atoms with Crippen molar-refractivity contribution in [2.24, 2.45) is 0 Å². The minimum atomic E-state index is -4.75. The number of hydrogen-bond donors (Lipinski definition) is 0. The number of alkyl halides is 3. The van der Waals surface area contributed by atoms with E-state index in [0.29, 0.717) is 5.75 Å². The lowest BCUT2D eigenvalue weighted by Gasteiger charge is -2.17. The van der Waals surface area contributed by atoms with Crippen LogP contribution < -0.4 is 19.6 Å². The monoisotopic (exact) mass is 608 g/mol. The van der Waals surface area contributed by atoms with Crippen LogP contribution in [0.4, 0.5) is 13.2 Å². The summed E-state index contributed by atoms with van der Waals surface area (Å²) in [5.74, 6) is -0.250. The molecule has 0 spiro atoms. The predicted octanol–water partition coefficient (Wildman–Crippen LogP) is 9.22. The molecule has 0 amide bonds. The molecule has 1 aromatic heterocycles. The molecule has 8 heteroatoms. The third-order valence-electron chi connectivity index (χ3n) is 7.08. The number of rotatable bonds is 10. The van der Waals surface area contributed by atoms with Crippen molar-refractivity contribution in [1.82, 2.24) is 0 Å². The molecule has 0 saturated heterocycles. The van der Waals surface area contributed by atoms with Crippen molar-refractivity contribution in [2.75, 3.05) is 0 Å². The van der Waals surface area contributed by atoms with Gasteiger partial charge in [-0.05, 0) is 47.0 Å². The largest absolute Gasteiger partial charge is 0.489 e. The molecular weight excluding hydrogens is 581 g/mol. The van der Waals surface area contributed by atoms with E-state index in [1.165, 1.54) is 12.1 Å². The fourth-order valence-electron chi connectivity index (χ4n) is 4.79. The summed E-state index contributed by atoms with van der Waals surface area (Å²) in [6.45, 7) is 0.236. The molecule has 1 heterocycles. The van der Waals surface area contributed by atoms with Crippen molar-refractivity contribution in [1.29, 1.82) is 0 Å². The van der Waals surface area contributed by atoms with Crippen LogP contribution in [0.5, 0.6) is 17.2 Å². The number of fused-ring (bicyclic) bond motifs is 1. The van der Waals surface area contributed by atoms with Gasteiger partial charge in [0, 0.05) is 11.6 Å². The highest BCUT2D eigenvalue weighted by Crippen LogP contribution is 2.41. The third kappa shape index (κ3) is 7.02. The number of hydrogen-bond acceptors (Lipinski definition) is 5. The van der Waals surface area contributed by atoms with Gasteiger partial charge in [0.05, 0.1) is 10.9 Å². The molecule has 226 valence electrons. The summed E-state index contributed by atoms with van der Waals surface area (Å²) in [5, 5.41) is 0.202. The van der Waals surface area contributed by atoms with Gasteiger partial charge in [-0.25, -0.2) is 0 Å². The van der Waals surface area contributed by atoms with E-state index in [2.05, 4.69) is 0 Å². The summed E-state index contributed by atoms with van der Waals surface area (Å²) in [6.07, 6.45) is -4.75. The molecular formula is C37H27F3O5. The van der Waals surface area contributed by atoms with Gasteiger partial charge in [-0.15, -0.1) is 0 Å². The molecule has 0 aliphatic heterocycles. The van der Waals surface area contributed by atoms with Crippen molar-refractivity contribution in [3.05, 3.63) is 160 Å². The first-order chi connectivity index (χ1) is 21.8. The van der Waals surface area contributed by atoms with Crippen LogP contribution in [-0.2, 0) is 26.0 Å². The highest BCUT2D eigenvalue weighted by molar-refractivity contribution is 5.83. The van der Waals surface area contributed by atoms with Crippen LogP contribution in [0, 0.1) is 0 Å². The molecule has 6 aromatic rings. The number of benzene rings is 5. The van der Waals surface area contributed by atoms with Crippen molar-refractivity contribution >= 4 is 11.0 Å². The number of halogens is 3. The van der Waals surface area contributed by atoms with Crippen molar-refractivity contribution < 1.29 is 31.8 Å².